The van der Waals surface area contributed by atoms with Crippen LogP contribution in [0, 0.1) is 0 Å². The zero-order chi connectivity index (χ0) is 11.7. The molecule has 0 radical (unpaired) electrons. The van der Waals surface area contributed by atoms with E-state index in [9.17, 15) is 0 Å². The van der Waals surface area contributed by atoms with Crippen molar-refractivity contribution in [2.75, 3.05) is 0 Å². The largest absolute Gasteiger partial charge is 0.337 e. The number of aromatic nitrogens is 3. The van der Waals surface area contributed by atoms with Crippen molar-refractivity contribution in [3.8, 4) is 11.5 Å². The van der Waals surface area contributed by atoms with Crippen molar-refractivity contribution < 1.29 is 0 Å². The minimum Gasteiger partial charge on any atom is -0.337 e. The van der Waals surface area contributed by atoms with E-state index >= 15 is 0 Å². The van der Waals surface area contributed by atoms with Gasteiger partial charge in [-0.1, -0.05) is 19.1 Å². The smallest absolute Gasteiger partial charge is 0.157 e. The molecule has 0 saturated carbocycles. The standard InChI is InChI=1S/C14H13N3/c1-2-10-6-7-11-13(9-10)17-14(16-11)12-5-3-4-8-15-12/h3-9H,2H2,1H3,(H,16,17). The molecule has 17 heavy (non-hydrogen) atoms. The summed E-state index contributed by atoms with van der Waals surface area (Å²) >= 11 is 0. The summed E-state index contributed by atoms with van der Waals surface area (Å²) in [5.74, 6) is 0.828. The highest BCUT2D eigenvalue weighted by Gasteiger charge is 2.05. The first kappa shape index (κ1) is 10.0. The topological polar surface area (TPSA) is 41.6 Å². The lowest BCUT2D eigenvalue weighted by Crippen LogP contribution is -1.82. The average molecular weight is 223 g/mol. The number of pyridine rings is 1. The second-order valence-corrected chi connectivity index (χ2v) is 4.01. The number of fused-ring (bicyclic) bond motifs is 1. The van der Waals surface area contributed by atoms with Crippen LogP contribution in [0.25, 0.3) is 22.6 Å². The van der Waals surface area contributed by atoms with Crippen molar-refractivity contribution in [2.24, 2.45) is 0 Å². The van der Waals surface area contributed by atoms with Crippen LogP contribution < -0.4 is 0 Å². The molecule has 1 N–H and O–H groups in total. The lowest BCUT2D eigenvalue weighted by atomic mass is 10.1. The van der Waals surface area contributed by atoms with Gasteiger partial charge in [0.2, 0.25) is 0 Å². The van der Waals surface area contributed by atoms with Gasteiger partial charge in [-0.3, -0.25) is 4.98 Å². The van der Waals surface area contributed by atoms with Gasteiger partial charge >= 0.3 is 0 Å². The Morgan fingerprint density at radius 3 is 2.88 bits per heavy atom. The van der Waals surface area contributed by atoms with Crippen LogP contribution in [0.5, 0.6) is 0 Å². The van der Waals surface area contributed by atoms with E-state index in [-0.39, 0.29) is 0 Å². The van der Waals surface area contributed by atoms with Crippen molar-refractivity contribution in [3.05, 3.63) is 48.2 Å². The highest BCUT2D eigenvalue weighted by molar-refractivity contribution is 5.79. The molecule has 0 unspecified atom stereocenters. The molecule has 3 rings (SSSR count). The number of imidazole rings is 1. The molecule has 2 aromatic heterocycles. The van der Waals surface area contributed by atoms with Crippen LogP contribution in [0.1, 0.15) is 12.5 Å². The number of benzene rings is 1. The Hall–Kier alpha value is -2.16. The third-order valence-electron chi connectivity index (χ3n) is 2.86. The van der Waals surface area contributed by atoms with Crippen LogP contribution in [0.15, 0.2) is 42.6 Å². The number of nitrogens with zero attached hydrogens (tertiary/aromatic N) is 2. The summed E-state index contributed by atoms with van der Waals surface area (Å²) in [6.07, 6.45) is 2.81. The Morgan fingerprint density at radius 2 is 2.12 bits per heavy atom. The molecule has 0 amide bonds. The molecule has 0 spiro atoms. The van der Waals surface area contributed by atoms with E-state index in [0.29, 0.717) is 0 Å². The van der Waals surface area contributed by atoms with Crippen LogP contribution in [0.2, 0.25) is 0 Å². The Bertz CT molecular complexity index is 641. The summed E-state index contributed by atoms with van der Waals surface area (Å²) in [4.78, 5) is 12.1. The second kappa shape index (κ2) is 4.01. The molecule has 3 aromatic rings. The summed E-state index contributed by atoms with van der Waals surface area (Å²) in [5.41, 5.74) is 4.25. The zero-order valence-corrected chi connectivity index (χ0v) is 9.64. The number of aryl methyl sites for hydroxylation is 1. The molecule has 0 aliphatic heterocycles. The van der Waals surface area contributed by atoms with Gasteiger partial charge in [0.05, 0.1) is 11.0 Å². The van der Waals surface area contributed by atoms with E-state index in [0.717, 1.165) is 29.0 Å². The highest BCUT2D eigenvalue weighted by Crippen LogP contribution is 2.19. The number of H-pyrrole nitrogens is 1. The first-order chi connectivity index (χ1) is 8.36. The minimum atomic E-state index is 0.828. The molecule has 0 aliphatic carbocycles. The number of hydrogen-bond donors (Lipinski definition) is 1. The van der Waals surface area contributed by atoms with Gasteiger partial charge in [-0.2, -0.15) is 0 Å². The van der Waals surface area contributed by atoms with Gasteiger partial charge in [0.25, 0.3) is 0 Å². The Morgan fingerprint density at radius 1 is 1.18 bits per heavy atom. The first-order valence-corrected chi connectivity index (χ1v) is 5.77. The predicted octanol–water partition coefficient (Wildman–Crippen LogP) is 3.19. The maximum absolute atomic E-state index is 4.54. The second-order valence-electron chi connectivity index (χ2n) is 4.01. The summed E-state index contributed by atoms with van der Waals surface area (Å²) < 4.78 is 0. The van der Waals surface area contributed by atoms with Gasteiger partial charge in [-0.15, -0.1) is 0 Å². The quantitative estimate of drug-likeness (QED) is 0.725. The van der Waals surface area contributed by atoms with Crippen LogP contribution in [-0.2, 0) is 6.42 Å². The van der Waals surface area contributed by atoms with Gasteiger partial charge in [0, 0.05) is 6.20 Å². The van der Waals surface area contributed by atoms with E-state index < -0.39 is 0 Å². The molecule has 3 heteroatoms. The van der Waals surface area contributed by atoms with Crippen molar-refractivity contribution in [2.45, 2.75) is 13.3 Å². The lowest BCUT2D eigenvalue weighted by molar-refractivity contribution is 1.14. The van der Waals surface area contributed by atoms with Gasteiger partial charge < -0.3 is 4.98 Å². The molecule has 3 nitrogen and oxygen atoms in total. The van der Waals surface area contributed by atoms with Crippen molar-refractivity contribution in [1.29, 1.82) is 0 Å². The highest BCUT2D eigenvalue weighted by atomic mass is 14.9. The molecule has 0 atom stereocenters. The summed E-state index contributed by atoms with van der Waals surface area (Å²) in [5, 5.41) is 0. The molecule has 0 bridgehead atoms. The van der Waals surface area contributed by atoms with Gasteiger partial charge in [0.15, 0.2) is 5.82 Å². The zero-order valence-electron chi connectivity index (χ0n) is 9.64. The van der Waals surface area contributed by atoms with Gasteiger partial charge in [-0.05, 0) is 36.2 Å². The average Bonchev–Trinajstić information content (AvgIpc) is 2.82. The fraction of sp³-hybridized carbons (Fsp3) is 0.143. The molecule has 0 saturated heterocycles. The Labute approximate surface area is 99.5 Å². The third kappa shape index (κ3) is 1.80. The minimum absolute atomic E-state index is 0.828. The number of hydrogen-bond acceptors (Lipinski definition) is 2. The van der Waals surface area contributed by atoms with Crippen molar-refractivity contribution in [3.63, 3.8) is 0 Å². The van der Waals surface area contributed by atoms with Crippen LogP contribution >= 0.6 is 0 Å². The molecule has 0 aliphatic rings. The third-order valence-corrected chi connectivity index (χ3v) is 2.86. The van der Waals surface area contributed by atoms with Crippen LogP contribution in [-0.4, -0.2) is 15.0 Å². The van der Waals surface area contributed by atoms with Crippen LogP contribution in [0.4, 0.5) is 0 Å². The monoisotopic (exact) mass is 223 g/mol. The Kier molecular flexibility index (Phi) is 2.37. The molecule has 84 valence electrons. The van der Waals surface area contributed by atoms with Gasteiger partial charge in [-0.25, -0.2) is 4.98 Å². The molecular formula is C14H13N3. The summed E-state index contributed by atoms with van der Waals surface area (Å²) in [6.45, 7) is 2.15. The number of nitrogens with one attached hydrogen (secondary N) is 1. The van der Waals surface area contributed by atoms with Crippen LogP contribution in [0.3, 0.4) is 0 Å². The predicted molar refractivity (Wildman–Crippen MR) is 68.7 cm³/mol. The SMILES string of the molecule is CCc1ccc2nc(-c3ccccn3)[nH]c2c1. The maximum Gasteiger partial charge on any atom is 0.157 e. The summed E-state index contributed by atoms with van der Waals surface area (Å²) in [6, 6.07) is 12.1. The van der Waals surface area contributed by atoms with Gasteiger partial charge in [0.1, 0.15) is 5.69 Å². The molecule has 2 heterocycles. The Balaban J connectivity index is 2.14. The van der Waals surface area contributed by atoms with Crippen molar-refractivity contribution in [1.82, 2.24) is 15.0 Å². The van der Waals surface area contributed by atoms with E-state index in [1.54, 1.807) is 6.20 Å². The fourth-order valence-electron chi connectivity index (χ4n) is 1.90. The number of aromatic amines is 1. The fourth-order valence-corrected chi connectivity index (χ4v) is 1.90. The van der Waals surface area contributed by atoms with Crippen molar-refractivity contribution >= 4 is 11.0 Å². The summed E-state index contributed by atoms with van der Waals surface area (Å²) in [7, 11) is 0. The van der Waals surface area contributed by atoms with E-state index in [1.165, 1.54) is 5.56 Å². The lowest BCUT2D eigenvalue weighted by Gasteiger charge is -1.94. The number of rotatable bonds is 2. The van der Waals surface area contributed by atoms with E-state index in [4.69, 9.17) is 0 Å². The van der Waals surface area contributed by atoms with E-state index in [1.807, 2.05) is 18.2 Å². The first-order valence-electron chi connectivity index (χ1n) is 5.77. The molecular weight excluding hydrogens is 210 g/mol. The molecule has 1 aromatic carbocycles. The van der Waals surface area contributed by atoms with E-state index in [2.05, 4.69) is 40.1 Å². The molecule has 0 fully saturated rings. The normalized spacial score (nSPS) is 10.9. The maximum atomic E-state index is 4.54.